The summed E-state index contributed by atoms with van der Waals surface area (Å²) < 4.78 is 0. The van der Waals surface area contributed by atoms with Gasteiger partial charge in [-0.1, -0.05) is 20.8 Å². The molecule has 1 aliphatic rings. The van der Waals surface area contributed by atoms with Crippen LogP contribution >= 0.6 is 0 Å². The first kappa shape index (κ1) is 15.5. The van der Waals surface area contributed by atoms with Gasteiger partial charge in [0.25, 0.3) is 0 Å². The first-order valence-corrected chi connectivity index (χ1v) is 7.52. The van der Waals surface area contributed by atoms with Crippen LogP contribution in [0, 0.1) is 17.8 Å². The van der Waals surface area contributed by atoms with E-state index >= 15 is 0 Å². The largest absolute Gasteiger partial charge is 0.353 e. The summed E-state index contributed by atoms with van der Waals surface area (Å²) in [6, 6.07) is 0.411. The quantitative estimate of drug-likeness (QED) is 0.765. The lowest BCUT2D eigenvalue weighted by molar-refractivity contribution is -0.122. The summed E-state index contributed by atoms with van der Waals surface area (Å²) in [6.07, 6.45) is 6.17. The zero-order chi connectivity index (χ0) is 13.5. The number of rotatable bonds is 6. The highest BCUT2D eigenvalue weighted by Crippen LogP contribution is 2.29. The fourth-order valence-corrected chi connectivity index (χ4v) is 2.78. The van der Waals surface area contributed by atoms with E-state index in [4.69, 9.17) is 5.73 Å². The van der Waals surface area contributed by atoms with Crippen LogP contribution in [0.5, 0.6) is 0 Å². The van der Waals surface area contributed by atoms with Crippen LogP contribution < -0.4 is 11.1 Å². The van der Waals surface area contributed by atoms with Gasteiger partial charge in [-0.25, -0.2) is 0 Å². The van der Waals surface area contributed by atoms with E-state index in [1.807, 2.05) is 0 Å². The second kappa shape index (κ2) is 7.78. The van der Waals surface area contributed by atoms with Crippen molar-refractivity contribution in [2.75, 3.05) is 6.54 Å². The predicted octanol–water partition coefficient (Wildman–Crippen LogP) is 2.69. The monoisotopic (exact) mass is 254 g/mol. The van der Waals surface area contributed by atoms with E-state index in [0.717, 1.165) is 44.1 Å². The number of carbonyl (C=O) groups is 1. The van der Waals surface area contributed by atoms with E-state index in [1.54, 1.807) is 0 Å². The van der Waals surface area contributed by atoms with Gasteiger partial charge in [-0.3, -0.25) is 4.79 Å². The number of nitrogens with two attached hydrogens (primary N) is 1. The lowest BCUT2D eigenvalue weighted by atomic mass is 9.79. The van der Waals surface area contributed by atoms with E-state index in [9.17, 15) is 4.79 Å². The van der Waals surface area contributed by atoms with E-state index in [1.165, 1.54) is 6.42 Å². The molecule has 0 bridgehead atoms. The van der Waals surface area contributed by atoms with Crippen molar-refractivity contribution in [1.29, 1.82) is 0 Å². The summed E-state index contributed by atoms with van der Waals surface area (Å²) in [5, 5.41) is 3.20. The summed E-state index contributed by atoms with van der Waals surface area (Å²) in [5.41, 5.74) is 5.51. The van der Waals surface area contributed by atoms with Crippen LogP contribution in [0.4, 0.5) is 0 Å². The fraction of sp³-hybridized carbons (Fsp3) is 0.933. The van der Waals surface area contributed by atoms with Crippen molar-refractivity contribution < 1.29 is 4.79 Å². The maximum absolute atomic E-state index is 11.9. The van der Waals surface area contributed by atoms with Crippen LogP contribution in [0.2, 0.25) is 0 Å². The molecule has 4 atom stereocenters. The smallest absolute Gasteiger partial charge is 0.220 e. The Kier molecular flexibility index (Phi) is 6.69. The molecular weight excluding hydrogens is 224 g/mol. The molecule has 1 rings (SSSR count). The molecule has 1 saturated carbocycles. The number of hydrogen-bond donors (Lipinski definition) is 2. The molecule has 0 heterocycles. The van der Waals surface area contributed by atoms with Crippen molar-refractivity contribution >= 4 is 5.91 Å². The minimum Gasteiger partial charge on any atom is -0.353 e. The third kappa shape index (κ3) is 5.38. The van der Waals surface area contributed by atoms with Crippen LogP contribution in [-0.2, 0) is 4.79 Å². The lowest BCUT2D eigenvalue weighted by Gasteiger charge is -2.32. The molecule has 0 saturated heterocycles. The summed E-state index contributed by atoms with van der Waals surface area (Å²) in [6.45, 7) is 7.51. The van der Waals surface area contributed by atoms with E-state index in [0.29, 0.717) is 18.4 Å². The predicted molar refractivity (Wildman–Crippen MR) is 76.2 cm³/mol. The van der Waals surface area contributed by atoms with Crippen LogP contribution in [0.3, 0.4) is 0 Å². The summed E-state index contributed by atoms with van der Waals surface area (Å²) in [7, 11) is 0. The number of nitrogens with one attached hydrogen (secondary N) is 1. The molecule has 3 N–H and O–H groups in total. The molecule has 3 heteroatoms. The first-order valence-electron chi connectivity index (χ1n) is 7.52. The van der Waals surface area contributed by atoms with Crippen molar-refractivity contribution in [1.82, 2.24) is 5.32 Å². The SMILES string of the molecule is CC(CCN)CCC(=O)NC1CCC(C)C(C)C1. The van der Waals surface area contributed by atoms with Gasteiger partial charge < -0.3 is 11.1 Å². The Morgan fingerprint density at radius 3 is 2.61 bits per heavy atom. The van der Waals surface area contributed by atoms with Crippen molar-refractivity contribution in [3.05, 3.63) is 0 Å². The number of hydrogen-bond acceptors (Lipinski definition) is 2. The van der Waals surface area contributed by atoms with Gasteiger partial charge in [0.1, 0.15) is 0 Å². The Bertz CT molecular complexity index is 255. The average Bonchev–Trinajstić information content (AvgIpc) is 2.32. The molecule has 1 aliphatic carbocycles. The van der Waals surface area contributed by atoms with Gasteiger partial charge in [0, 0.05) is 12.5 Å². The third-order valence-electron chi connectivity index (χ3n) is 4.49. The van der Waals surface area contributed by atoms with E-state index in [2.05, 4.69) is 26.1 Å². The van der Waals surface area contributed by atoms with E-state index < -0.39 is 0 Å². The summed E-state index contributed by atoms with van der Waals surface area (Å²) in [4.78, 5) is 11.9. The maximum Gasteiger partial charge on any atom is 0.220 e. The topological polar surface area (TPSA) is 55.1 Å². The molecule has 0 spiro atoms. The Morgan fingerprint density at radius 1 is 1.28 bits per heavy atom. The van der Waals surface area contributed by atoms with Crippen molar-refractivity contribution in [3.63, 3.8) is 0 Å². The van der Waals surface area contributed by atoms with E-state index in [-0.39, 0.29) is 5.91 Å². The normalized spacial score (nSPS) is 29.9. The number of amides is 1. The fourth-order valence-electron chi connectivity index (χ4n) is 2.78. The third-order valence-corrected chi connectivity index (χ3v) is 4.49. The summed E-state index contributed by atoms with van der Waals surface area (Å²) >= 11 is 0. The molecule has 0 aromatic rings. The van der Waals surface area contributed by atoms with Crippen LogP contribution in [0.25, 0.3) is 0 Å². The molecule has 0 radical (unpaired) electrons. The molecule has 18 heavy (non-hydrogen) atoms. The molecule has 0 aromatic heterocycles. The van der Waals surface area contributed by atoms with Gasteiger partial charge in [-0.05, 0) is 56.4 Å². The molecule has 0 aromatic carbocycles. The Morgan fingerprint density at radius 2 is 2.00 bits per heavy atom. The zero-order valence-corrected chi connectivity index (χ0v) is 12.2. The highest BCUT2D eigenvalue weighted by atomic mass is 16.1. The Hall–Kier alpha value is -0.570. The van der Waals surface area contributed by atoms with Crippen molar-refractivity contribution in [2.45, 2.75) is 65.3 Å². The second-order valence-corrected chi connectivity index (χ2v) is 6.25. The molecule has 1 fully saturated rings. The maximum atomic E-state index is 11.9. The van der Waals surface area contributed by atoms with Gasteiger partial charge in [0.2, 0.25) is 5.91 Å². The molecule has 0 aliphatic heterocycles. The van der Waals surface area contributed by atoms with Gasteiger partial charge in [-0.2, -0.15) is 0 Å². The summed E-state index contributed by atoms with van der Waals surface area (Å²) in [5.74, 6) is 2.33. The zero-order valence-electron chi connectivity index (χ0n) is 12.2. The molecule has 1 amide bonds. The van der Waals surface area contributed by atoms with Gasteiger partial charge >= 0.3 is 0 Å². The average molecular weight is 254 g/mol. The highest BCUT2D eigenvalue weighted by molar-refractivity contribution is 5.76. The molecular formula is C15H30N2O. The standard InChI is InChI=1S/C15H30N2O/c1-11(8-9-16)4-7-15(18)17-14-6-5-12(2)13(3)10-14/h11-14H,4-10,16H2,1-3H3,(H,17,18). The minimum atomic E-state index is 0.227. The van der Waals surface area contributed by atoms with Crippen LogP contribution in [0.1, 0.15) is 59.3 Å². The molecule has 4 unspecified atom stereocenters. The highest BCUT2D eigenvalue weighted by Gasteiger charge is 2.25. The number of carbonyl (C=O) groups excluding carboxylic acids is 1. The Labute approximate surface area is 112 Å². The van der Waals surface area contributed by atoms with Gasteiger partial charge in [0.05, 0.1) is 0 Å². The van der Waals surface area contributed by atoms with Crippen LogP contribution in [-0.4, -0.2) is 18.5 Å². The Balaban J connectivity index is 2.20. The molecule has 106 valence electrons. The van der Waals surface area contributed by atoms with Gasteiger partial charge in [-0.15, -0.1) is 0 Å². The van der Waals surface area contributed by atoms with Gasteiger partial charge in [0.15, 0.2) is 0 Å². The lowest BCUT2D eigenvalue weighted by Crippen LogP contribution is -2.39. The van der Waals surface area contributed by atoms with Crippen LogP contribution in [0.15, 0.2) is 0 Å². The van der Waals surface area contributed by atoms with Crippen molar-refractivity contribution in [2.24, 2.45) is 23.5 Å². The first-order chi connectivity index (χ1) is 8.52. The molecule has 3 nitrogen and oxygen atoms in total. The second-order valence-electron chi connectivity index (χ2n) is 6.25. The minimum absolute atomic E-state index is 0.227. The van der Waals surface area contributed by atoms with Crippen molar-refractivity contribution in [3.8, 4) is 0 Å².